The molecule has 2 rings (SSSR count). The van der Waals surface area contributed by atoms with Gasteiger partial charge in [0.2, 0.25) is 0 Å². The Kier molecular flexibility index (Phi) is 3.95. The van der Waals surface area contributed by atoms with E-state index in [2.05, 4.69) is 13.8 Å². The van der Waals surface area contributed by atoms with Crippen molar-refractivity contribution in [3.05, 3.63) is 35.4 Å². The number of carbonyl (C=O) groups is 2. The molecule has 1 unspecified atom stereocenters. The maximum Gasteiger partial charge on any atom is 0.166 e. The number of benzene rings is 1. The second-order valence-electron chi connectivity index (χ2n) is 5.64. The maximum absolute atomic E-state index is 12.2. The van der Waals surface area contributed by atoms with Gasteiger partial charge in [0.25, 0.3) is 0 Å². The summed E-state index contributed by atoms with van der Waals surface area (Å²) in [5.74, 6) is 0.911. The van der Waals surface area contributed by atoms with Crippen molar-refractivity contribution in [1.29, 1.82) is 0 Å². The zero-order chi connectivity index (χ0) is 13.1. The van der Waals surface area contributed by atoms with Crippen LogP contribution in [0.15, 0.2) is 24.3 Å². The van der Waals surface area contributed by atoms with Gasteiger partial charge in [0.15, 0.2) is 5.78 Å². The number of hydrogen-bond acceptors (Lipinski definition) is 2. The van der Waals surface area contributed by atoms with Crippen LogP contribution in [0.2, 0.25) is 0 Å². The van der Waals surface area contributed by atoms with Gasteiger partial charge in [-0.25, -0.2) is 0 Å². The molecule has 0 saturated heterocycles. The summed E-state index contributed by atoms with van der Waals surface area (Å²) in [7, 11) is 0. The fourth-order valence-electron chi connectivity index (χ4n) is 2.55. The average Bonchev–Trinajstić information content (AvgIpc) is 2.75. The van der Waals surface area contributed by atoms with E-state index in [-0.39, 0.29) is 17.5 Å². The molecule has 2 heteroatoms. The van der Waals surface area contributed by atoms with Crippen LogP contribution in [-0.2, 0) is 11.2 Å². The highest BCUT2D eigenvalue weighted by atomic mass is 16.1. The lowest BCUT2D eigenvalue weighted by Crippen LogP contribution is -2.11. The van der Waals surface area contributed by atoms with E-state index < -0.39 is 0 Å². The molecule has 1 fully saturated rings. The molecule has 96 valence electrons. The third kappa shape index (κ3) is 3.06. The van der Waals surface area contributed by atoms with Gasteiger partial charge in [-0.15, -0.1) is 0 Å². The molecule has 0 spiro atoms. The molecule has 1 aromatic rings. The van der Waals surface area contributed by atoms with Crippen LogP contribution < -0.4 is 0 Å². The van der Waals surface area contributed by atoms with Crippen molar-refractivity contribution in [3.8, 4) is 0 Å². The molecular weight excluding hydrogens is 224 g/mol. The number of rotatable bonds is 4. The van der Waals surface area contributed by atoms with Crippen molar-refractivity contribution >= 4 is 11.6 Å². The first-order valence-corrected chi connectivity index (χ1v) is 6.71. The fraction of sp³-hybridized carbons (Fsp3) is 0.500. The van der Waals surface area contributed by atoms with Crippen LogP contribution >= 0.6 is 0 Å². The van der Waals surface area contributed by atoms with Crippen molar-refractivity contribution < 1.29 is 9.59 Å². The Balaban J connectivity index is 2.05. The van der Waals surface area contributed by atoms with E-state index in [1.807, 2.05) is 24.3 Å². The Morgan fingerprint density at radius 2 is 1.94 bits per heavy atom. The van der Waals surface area contributed by atoms with Gasteiger partial charge >= 0.3 is 0 Å². The van der Waals surface area contributed by atoms with Crippen molar-refractivity contribution in [3.63, 3.8) is 0 Å². The largest absolute Gasteiger partial charge is 0.300 e. The summed E-state index contributed by atoms with van der Waals surface area (Å²) in [4.78, 5) is 23.4. The Morgan fingerprint density at radius 3 is 2.44 bits per heavy atom. The zero-order valence-electron chi connectivity index (χ0n) is 11.1. The molecular formula is C16H20O2. The number of ketones is 2. The van der Waals surface area contributed by atoms with Gasteiger partial charge in [-0.05, 0) is 24.3 Å². The lowest BCUT2D eigenvalue weighted by atomic mass is 9.94. The standard InChI is InChI=1S/C16H20O2/c1-11(2)9-12-3-5-13(6-4-12)16(18)14-7-8-15(17)10-14/h3-6,11,14H,7-10H2,1-2H3. The summed E-state index contributed by atoms with van der Waals surface area (Å²) >= 11 is 0. The predicted molar refractivity (Wildman–Crippen MR) is 71.7 cm³/mol. The third-order valence-corrected chi connectivity index (χ3v) is 3.50. The van der Waals surface area contributed by atoms with Gasteiger partial charge in [-0.2, -0.15) is 0 Å². The van der Waals surface area contributed by atoms with Crippen molar-refractivity contribution in [2.24, 2.45) is 11.8 Å². The van der Waals surface area contributed by atoms with E-state index in [0.717, 1.165) is 18.4 Å². The van der Waals surface area contributed by atoms with E-state index in [9.17, 15) is 9.59 Å². The van der Waals surface area contributed by atoms with E-state index in [0.29, 0.717) is 18.8 Å². The summed E-state index contributed by atoms with van der Waals surface area (Å²) < 4.78 is 0. The minimum absolute atomic E-state index is 0.0755. The Labute approximate surface area is 108 Å². The molecule has 2 nitrogen and oxygen atoms in total. The molecule has 18 heavy (non-hydrogen) atoms. The summed E-state index contributed by atoms with van der Waals surface area (Å²) in [5.41, 5.74) is 2.02. The van der Waals surface area contributed by atoms with Crippen LogP contribution in [0.25, 0.3) is 0 Å². The summed E-state index contributed by atoms with van der Waals surface area (Å²) in [6.07, 6.45) is 2.77. The molecule has 0 amide bonds. The van der Waals surface area contributed by atoms with Gasteiger partial charge in [0.1, 0.15) is 5.78 Å². The van der Waals surface area contributed by atoms with Crippen LogP contribution in [0.5, 0.6) is 0 Å². The molecule has 1 aliphatic carbocycles. The van der Waals surface area contributed by atoms with Crippen molar-refractivity contribution in [1.82, 2.24) is 0 Å². The second kappa shape index (κ2) is 5.47. The first-order chi connectivity index (χ1) is 8.56. The molecule has 1 aliphatic rings. The topological polar surface area (TPSA) is 34.1 Å². The minimum Gasteiger partial charge on any atom is -0.300 e. The molecule has 0 bridgehead atoms. The van der Waals surface area contributed by atoms with Crippen molar-refractivity contribution in [2.45, 2.75) is 39.5 Å². The second-order valence-corrected chi connectivity index (χ2v) is 5.64. The monoisotopic (exact) mass is 244 g/mol. The number of carbonyl (C=O) groups excluding carboxylic acids is 2. The number of Topliss-reactive ketones (excluding diaryl/α,β-unsaturated/α-hetero) is 2. The number of hydrogen-bond donors (Lipinski definition) is 0. The van der Waals surface area contributed by atoms with Crippen LogP contribution in [0, 0.1) is 11.8 Å². The highest BCUT2D eigenvalue weighted by molar-refractivity contribution is 6.01. The predicted octanol–water partition coefficient (Wildman–Crippen LogP) is 3.44. The minimum atomic E-state index is -0.0755. The molecule has 0 radical (unpaired) electrons. The molecule has 0 aromatic heterocycles. The molecule has 1 saturated carbocycles. The van der Waals surface area contributed by atoms with E-state index in [4.69, 9.17) is 0 Å². The lowest BCUT2D eigenvalue weighted by molar-refractivity contribution is -0.117. The molecule has 0 heterocycles. The average molecular weight is 244 g/mol. The smallest absolute Gasteiger partial charge is 0.166 e. The van der Waals surface area contributed by atoms with Gasteiger partial charge in [0, 0.05) is 24.3 Å². The van der Waals surface area contributed by atoms with E-state index in [1.54, 1.807) is 0 Å². The van der Waals surface area contributed by atoms with Crippen LogP contribution in [0.4, 0.5) is 0 Å². The van der Waals surface area contributed by atoms with Crippen LogP contribution in [0.1, 0.15) is 49.0 Å². The summed E-state index contributed by atoms with van der Waals surface area (Å²) in [5, 5.41) is 0. The third-order valence-electron chi connectivity index (χ3n) is 3.50. The summed E-state index contributed by atoms with van der Waals surface area (Å²) in [6.45, 7) is 4.37. The summed E-state index contributed by atoms with van der Waals surface area (Å²) in [6, 6.07) is 7.87. The molecule has 1 atom stereocenters. The Morgan fingerprint density at radius 1 is 1.28 bits per heavy atom. The highest BCUT2D eigenvalue weighted by Gasteiger charge is 2.28. The van der Waals surface area contributed by atoms with E-state index in [1.165, 1.54) is 5.56 Å². The molecule has 1 aromatic carbocycles. The molecule has 0 aliphatic heterocycles. The zero-order valence-corrected chi connectivity index (χ0v) is 11.1. The maximum atomic E-state index is 12.2. The fourth-order valence-corrected chi connectivity index (χ4v) is 2.55. The SMILES string of the molecule is CC(C)Cc1ccc(C(=O)C2CCC(=O)C2)cc1. The van der Waals surface area contributed by atoms with E-state index >= 15 is 0 Å². The van der Waals surface area contributed by atoms with Gasteiger partial charge in [-0.1, -0.05) is 38.1 Å². The van der Waals surface area contributed by atoms with Crippen LogP contribution in [-0.4, -0.2) is 11.6 Å². The molecule has 0 N–H and O–H groups in total. The highest BCUT2D eigenvalue weighted by Crippen LogP contribution is 2.26. The van der Waals surface area contributed by atoms with Crippen LogP contribution in [0.3, 0.4) is 0 Å². The quantitative estimate of drug-likeness (QED) is 0.760. The van der Waals surface area contributed by atoms with Crippen molar-refractivity contribution in [2.75, 3.05) is 0 Å². The lowest BCUT2D eigenvalue weighted by Gasteiger charge is -2.09. The first kappa shape index (κ1) is 13.0. The van der Waals surface area contributed by atoms with Gasteiger partial charge in [-0.3, -0.25) is 9.59 Å². The Bertz CT molecular complexity index is 443. The Hall–Kier alpha value is -1.44. The first-order valence-electron chi connectivity index (χ1n) is 6.71. The van der Waals surface area contributed by atoms with Gasteiger partial charge in [0.05, 0.1) is 0 Å². The normalized spacial score (nSPS) is 19.5. The van der Waals surface area contributed by atoms with Gasteiger partial charge < -0.3 is 0 Å².